The molecule has 0 aromatic heterocycles. The van der Waals surface area contributed by atoms with Crippen LogP contribution in [0.4, 0.5) is 4.79 Å². The van der Waals surface area contributed by atoms with Gasteiger partial charge >= 0.3 is 6.09 Å². The lowest BCUT2D eigenvalue weighted by atomic mass is 10.0. The van der Waals surface area contributed by atoms with E-state index in [1.165, 1.54) is 25.1 Å². The molecule has 11 heteroatoms. The van der Waals surface area contributed by atoms with Crippen molar-refractivity contribution in [3.8, 4) is 0 Å². The van der Waals surface area contributed by atoms with Crippen molar-refractivity contribution in [1.82, 2.24) is 15.6 Å². The van der Waals surface area contributed by atoms with Gasteiger partial charge in [-0.1, -0.05) is 52.0 Å². The van der Waals surface area contributed by atoms with E-state index in [0.29, 0.717) is 6.42 Å². The zero-order valence-corrected chi connectivity index (χ0v) is 23.8. The van der Waals surface area contributed by atoms with Crippen molar-refractivity contribution < 1.29 is 27.5 Å². The molecule has 37 heavy (non-hydrogen) atoms. The van der Waals surface area contributed by atoms with Gasteiger partial charge in [-0.05, 0) is 58.1 Å². The third-order valence-electron chi connectivity index (χ3n) is 5.17. The fraction of sp³-hybridized carbons (Fsp3) is 0.577. The monoisotopic (exact) mass is 538 g/mol. The number of nitrogens with one attached hydrogen (secondary N) is 2. The molecule has 1 aromatic rings. The Morgan fingerprint density at radius 3 is 2.05 bits per heavy atom. The summed E-state index contributed by atoms with van der Waals surface area (Å²) in [6.45, 7) is 13.9. The maximum absolute atomic E-state index is 13.0. The molecule has 0 saturated heterocycles. The van der Waals surface area contributed by atoms with Crippen molar-refractivity contribution in [1.29, 1.82) is 0 Å². The molecule has 4 N–H and O–H groups in total. The second-order valence-corrected chi connectivity index (χ2v) is 12.6. The minimum absolute atomic E-state index is 0.151. The highest BCUT2D eigenvalue weighted by atomic mass is 32.2. The zero-order chi connectivity index (χ0) is 28.6. The molecule has 0 bridgehead atoms. The second-order valence-electron chi connectivity index (χ2n) is 10.7. The van der Waals surface area contributed by atoms with Crippen LogP contribution in [0.2, 0.25) is 0 Å². The quantitative estimate of drug-likeness (QED) is 0.223. The number of hydrogen-bond donors (Lipinski definition) is 3. The molecule has 1 aromatic carbocycles. The smallest absolute Gasteiger partial charge is 0.425 e. The van der Waals surface area contributed by atoms with E-state index < -0.39 is 51.5 Å². The van der Waals surface area contributed by atoms with Crippen LogP contribution in [0.15, 0.2) is 46.7 Å². The van der Waals surface area contributed by atoms with E-state index in [1.54, 1.807) is 52.8 Å². The van der Waals surface area contributed by atoms with E-state index in [9.17, 15) is 22.8 Å². The van der Waals surface area contributed by atoms with Gasteiger partial charge < -0.3 is 15.4 Å². The summed E-state index contributed by atoms with van der Waals surface area (Å²) in [5, 5.41) is 7.20. The topological polar surface area (TPSA) is 148 Å². The van der Waals surface area contributed by atoms with Gasteiger partial charge in [-0.3, -0.25) is 9.59 Å². The maximum atomic E-state index is 13.0. The standard InChI is InChI=1S/C26H42N4O6S/c1-17(2)16-20(14-15-37(34,35)21-12-10-9-11-13-21)29-23(31)19(5)28-24(32)22(18(3)4)30(27)25(33)36-26(6,7)8/h9-15,17-20,22H,16,27H2,1-8H3,(H,28,32)(H,29,31)/t19-,20+,22-/m0/s1. The summed E-state index contributed by atoms with van der Waals surface area (Å²) in [5.41, 5.74) is -0.799. The number of carbonyl (C=O) groups is 3. The summed E-state index contributed by atoms with van der Waals surface area (Å²) in [5.74, 6) is 4.58. The molecule has 3 atom stereocenters. The molecule has 0 saturated carbocycles. The number of sulfone groups is 1. The summed E-state index contributed by atoms with van der Waals surface area (Å²) in [6.07, 6.45) is 1.06. The van der Waals surface area contributed by atoms with Crippen LogP contribution in [0.1, 0.15) is 61.8 Å². The van der Waals surface area contributed by atoms with Crippen LogP contribution in [-0.4, -0.2) is 55.1 Å². The van der Waals surface area contributed by atoms with Gasteiger partial charge in [-0.25, -0.2) is 24.1 Å². The van der Waals surface area contributed by atoms with Crippen LogP contribution < -0.4 is 16.5 Å². The van der Waals surface area contributed by atoms with Gasteiger partial charge in [0, 0.05) is 11.4 Å². The first-order valence-electron chi connectivity index (χ1n) is 12.3. The molecule has 208 valence electrons. The lowest BCUT2D eigenvalue weighted by Gasteiger charge is -2.32. The normalized spacial score (nSPS) is 14.8. The lowest BCUT2D eigenvalue weighted by molar-refractivity contribution is -0.133. The zero-order valence-electron chi connectivity index (χ0n) is 23.0. The van der Waals surface area contributed by atoms with E-state index in [2.05, 4.69) is 10.6 Å². The number of hydrogen-bond acceptors (Lipinski definition) is 7. The van der Waals surface area contributed by atoms with Crippen molar-refractivity contribution in [3.05, 3.63) is 41.8 Å². The fourth-order valence-electron chi connectivity index (χ4n) is 3.43. The van der Waals surface area contributed by atoms with Crippen molar-refractivity contribution in [2.24, 2.45) is 17.7 Å². The van der Waals surface area contributed by atoms with Gasteiger partial charge in [0.25, 0.3) is 0 Å². The molecule has 0 fully saturated rings. The van der Waals surface area contributed by atoms with Crippen molar-refractivity contribution >= 4 is 27.7 Å². The molecule has 1 rings (SSSR count). The summed E-state index contributed by atoms with van der Waals surface area (Å²) in [4.78, 5) is 38.4. The first kappa shape index (κ1) is 32.1. The number of ether oxygens (including phenoxy) is 1. The van der Waals surface area contributed by atoms with Gasteiger partial charge in [0.05, 0.1) is 4.90 Å². The molecule has 0 unspecified atom stereocenters. The summed E-state index contributed by atoms with van der Waals surface area (Å²) in [7, 11) is -3.68. The third kappa shape index (κ3) is 10.9. The number of rotatable bonds is 11. The van der Waals surface area contributed by atoms with Gasteiger partial charge in [0.2, 0.25) is 11.8 Å². The minimum Gasteiger partial charge on any atom is -0.443 e. The van der Waals surface area contributed by atoms with Gasteiger partial charge in [-0.2, -0.15) is 0 Å². The van der Waals surface area contributed by atoms with Crippen LogP contribution in [0.25, 0.3) is 0 Å². The number of nitrogens with two attached hydrogens (primary N) is 1. The second kappa shape index (κ2) is 13.6. The molecule has 0 radical (unpaired) electrons. The van der Waals surface area contributed by atoms with E-state index in [0.717, 1.165) is 10.4 Å². The van der Waals surface area contributed by atoms with E-state index in [4.69, 9.17) is 10.6 Å². The van der Waals surface area contributed by atoms with E-state index >= 15 is 0 Å². The van der Waals surface area contributed by atoms with Crippen LogP contribution in [0, 0.1) is 11.8 Å². The average molecular weight is 539 g/mol. The van der Waals surface area contributed by atoms with Crippen molar-refractivity contribution in [2.75, 3.05) is 0 Å². The van der Waals surface area contributed by atoms with Gasteiger partial charge in [0.1, 0.15) is 17.7 Å². The molecule has 0 heterocycles. The van der Waals surface area contributed by atoms with Crippen LogP contribution >= 0.6 is 0 Å². The molecular formula is C26H42N4O6S. The molecule has 10 nitrogen and oxygen atoms in total. The van der Waals surface area contributed by atoms with Crippen LogP contribution in [-0.2, 0) is 24.2 Å². The first-order chi connectivity index (χ1) is 16.9. The largest absolute Gasteiger partial charge is 0.443 e. The predicted molar refractivity (Wildman–Crippen MR) is 143 cm³/mol. The number of hydrazine groups is 1. The Bertz CT molecular complexity index is 1050. The highest BCUT2D eigenvalue weighted by molar-refractivity contribution is 7.94. The Labute approximate surface area is 220 Å². The Morgan fingerprint density at radius 2 is 1.57 bits per heavy atom. The molecule has 3 amide bonds. The lowest BCUT2D eigenvalue weighted by Crippen LogP contribution is -2.59. The number of nitrogens with zero attached hydrogens (tertiary/aromatic N) is 1. The minimum atomic E-state index is -3.68. The van der Waals surface area contributed by atoms with Gasteiger partial charge in [0.15, 0.2) is 9.84 Å². The maximum Gasteiger partial charge on any atom is 0.425 e. The number of amides is 3. The fourth-order valence-corrected chi connectivity index (χ4v) is 4.52. The molecule has 0 spiro atoms. The summed E-state index contributed by atoms with van der Waals surface area (Å²) < 4.78 is 30.5. The summed E-state index contributed by atoms with van der Waals surface area (Å²) in [6, 6.07) is 5.34. The number of carbonyl (C=O) groups excluding carboxylic acids is 3. The Kier molecular flexibility index (Phi) is 11.8. The highest BCUT2D eigenvalue weighted by Gasteiger charge is 2.34. The van der Waals surface area contributed by atoms with E-state index in [-0.39, 0.29) is 16.7 Å². The molecule has 0 aliphatic rings. The molecule has 0 aliphatic heterocycles. The molecule has 0 aliphatic carbocycles. The molecular weight excluding hydrogens is 496 g/mol. The van der Waals surface area contributed by atoms with Crippen LogP contribution in [0.5, 0.6) is 0 Å². The Hall–Kier alpha value is -2.92. The third-order valence-corrected chi connectivity index (χ3v) is 6.62. The van der Waals surface area contributed by atoms with Crippen LogP contribution in [0.3, 0.4) is 0 Å². The van der Waals surface area contributed by atoms with Crippen molar-refractivity contribution in [3.63, 3.8) is 0 Å². The van der Waals surface area contributed by atoms with E-state index in [1.807, 2.05) is 13.8 Å². The average Bonchev–Trinajstić information content (AvgIpc) is 2.76. The number of benzene rings is 1. The highest BCUT2D eigenvalue weighted by Crippen LogP contribution is 2.15. The van der Waals surface area contributed by atoms with Gasteiger partial charge in [-0.15, -0.1) is 0 Å². The Balaban J connectivity index is 2.95. The summed E-state index contributed by atoms with van der Waals surface area (Å²) >= 11 is 0. The SMILES string of the molecule is CC(C)C[C@@H](C=CS(=O)(=O)c1ccccc1)NC(=O)[C@H](C)NC(=O)[C@H](C(C)C)N(N)C(=O)OC(C)(C)C. The van der Waals surface area contributed by atoms with Crippen molar-refractivity contribution in [2.45, 2.75) is 90.4 Å². The first-order valence-corrected chi connectivity index (χ1v) is 13.8. The Morgan fingerprint density at radius 1 is 1.00 bits per heavy atom. The predicted octanol–water partition coefficient (Wildman–Crippen LogP) is 3.15.